The lowest BCUT2D eigenvalue weighted by Gasteiger charge is -2.15. The van der Waals surface area contributed by atoms with Crippen molar-refractivity contribution >= 4 is 16.9 Å². The summed E-state index contributed by atoms with van der Waals surface area (Å²) in [6.45, 7) is 3.13. The Labute approximate surface area is 180 Å². The number of aromatic nitrogens is 4. The van der Waals surface area contributed by atoms with E-state index < -0.39 is 0 Å². The van der Waals surface area contributed by atoms with Crippen LogP contribution < -0.4 is 10.1 Å². The molecule has 31 heavy (non-hydrogen) atoms. The van der Waals surface area contributed by atoms with Crippen LogP contribution in [0.5, 0.6) is 5.75 Å². The molecule has 0 fully saturated rings. The molecule has 0 aliphatic rings. The van der Waals surface area contributed by atoms with E-state index in [1.165, 1.54) is 0 Å². The minimum Gasteiger partial charge on any atom is -0.497 e. The van der Waals surface area contributed by atoms with Gasteiger partial charge in [0, 0.05) is 19.2 Å². The van der Waals surface area contributed by atoms with Crippen LogP contribution in [0.15, 0.2) is 54.6 Å². The summed E-state index contributed by atoms with van der Waals surface area (Å²) in [5.41, 5.74) is 3.87. The zero-order chi connectivity index (χ0) is 21.8. The maximum atomic E-state index is 12.8. The molecule has 0 saturated heterocycles. The fourth-order valence-electron chi connectivity index (χ4n) is 3.53. The number of nitrogens with zero attached hydrogens (tertiary/aromatic N) is 3. The van der Waals surface area contributed by atoms with E-state index in [0.717, 1.165) is 28.2 Å². The number of H-pyrrole nitrogens is 1. The number of ether oxygens (including phenoxy) is 2. The van der Waals surface area contributed by atoms with E-state index in [4.69, 9.17) is 14.5 Å². The molecule has 0 spiro atoms. The highest BCUT2D eigenvalue weighted by atomic mass is 16.5. The van der Waals surface area contributed by atoms with Gasteiger partial charge in [-0.1, -0.05) is 12.1 Å². The van der Waals surface area contributed by atoms with Gasteiger partial charge in [0.25, 0.3) is 5.91 Å². The molecular formula is C23H25N5O3. The number of fused-ring (bicyclic) bond motifs is 1. The van der Waals surface area contributed by atoms with E-state index in [2.05, 4.69) is 20.1 Å². The van der Waals surface area contributed by atoms with Crippen LogP contribution in [0.25, 0.3) is 22.3 Å². The molecule has 2 aromatic carbocycles. The van der Waals surface area contributed by atoms with Crippen LogP contribution in [0.2, 0.25) is 0 Å². The molecule has 0 radical (unpaired) electrons. The summed E-state index contributed by atoms with van der Waals surface area (Å²) in [7, 11) is 3.29. The van der Waals surface area contributed by atoms with Crippen molar-refractivity contribution in [2.24, 2.45) is 0 Å². The van der Waals surface area contributed by atoms with Crippen molar-refractivity contribution in [1.29, 1.82) is 0 Å². The van der Waals surface area contributed by atoms with Crippen LogP contribution in [0.3, 0.4) is 0 Å². The quantitative estimate of drug-likeness (QED) is 0.455. The maximum Gasteiger partial charge on any atom is 0.269 e. The third-order valence-electron chi connectivity index (χ3n) is 5.15. The molecule has 1 amide bonds. The largest absolute Gasteiger partial charge is 0.497 e. The Balaban J connectivity index is 1.53. The number of methoxy groups -OCH3 is 2. The summed E-state index contributed by atoms with van der Waals surface area (Å²) < 4.78 is 12.5. The number of benzene rings is 2. The Kier molecular flexibility index (Phi) is 5.99. The SMILES string of the molecule is COCCn1c(C(C)NC(=O)c2cc(-c3ccc(OC)cc3)n[nH]2)nc2ccccc21. The topological polar surface area (TPSA) is 94.1 Å². The summed E-state index contributed by atoms with van der Waals surface area (Å²) in [4.78, 5) is 17.6. The summed E-state index contributed by atoms with van der Waals surface area (Å²) in [6.07, 6.45) is 0. The standard InChI is InChI=1S/C23H25N5O3/c1-15(22-25-18-6-4-5-7-21(18)28(22)12-13-30-2)24-23(29)20-14-19(26-27-20)16-8-10-17(31-3)11-9-16/h4-11,14-15H,12-13H2,1-3H3,(H,24,29)(H,26,27). The second-order valence-corrected chi connectivity index (χ2v) is 7.19. The highest BCUT2D eigenvalue weighted by Gasteiger charge is 2.20. The molecule has 1 atom stereocenters. The van der Waals surface area contributed by atoms with Gasteiger partial charge >= 0.3 is 0 Å². The van der Waals surface area contributed by atoms with Gasteiger partial charge in [-0.3, -0.25) is 9.89 Å². The lowest BCUT2D eigenvalue weighted by molar-refractivity contribution is 0.0932. The van der Waals surface area contributed by atoms with Gasteiger partial charge in [0.1, 0.15) is 17.3 Å². The number of para-hydroxylation sites is 2. The average molecular weight is 419 g/mol. The minimum absolute atomic E-state index is 0.245. The van der Waals surface area contributed by atoms with E-state index in [1.54, 1.807) is 20.3 Å². The number of carbonyl (C=O) groups excluding carboxylic acids is 1. The predicted molar refractivity (Wildman–Crippen MR) is 118 cm³/mol. The summed E-state index contributed by atoms with van der Waals surface area (Å²) >= 11 is 0. The van der Waals surface area contributed by atoms with E-state index in [1.807, 2.05) is 55.5 Å². The molecule has 4 rings (SSSR count). The first-order chi connectivity index (χ1) is 15.1. The van der Waals surface area contributed by atoms with Crippen molar-refractivity contribution in [1.82, 2.24) is 25.1 Å². The molecule has 2 N–H and O–H groups in total. The second kappa shape index (κ2) is 9.01. The first kappa shape index (κ1) is 20.6. The average Bonchev–Trinajstić information content (AvgIpc) is 3.43. The molecule has 0 bridgehead atoms. The van der Waals surface area contributed by atoms with E-state index in [-0.39, 0.29) is 11.9 Å². The Hall–Kier alpha value is -3.65. The molecule has 0 aliphatic heterocycles. The zero-order valence-electron chi connectivity index (χ0n) is 17.8. The summed E-state index contributed by atoms with van der Waals surface area (Å²) in [5.74, 6) is 1.30. The maximum absolute atomic E-state index is 12.8. The van der Waals surface area contributed by atoms with E-state index in [9.17, 15) is 4.79 Å². The third kappa shape index (κ3) is 4.29. The first-order valence-electron chi connectivity index (χ1n) is 10.1. The molecule has 0 saturated carbocycles. The van der Waals surface area contributed by atoms with Crippen LogP contribution in [-0.4, -0.2) is 46.5 Å². The van der Waals surface area contributed by atoms with Gasteiger partial charge in [-0.2, -0.15) is 5.10 Å². The van der Waals surface area contributed by atoms with Crippen LogP contribution in [-0.2, 0) is 11.3 Å². The van der Waals surface area contributed by atoms with Crippen LogP contribution in [0.1, 0.15) is 29.3 Å². The van der Waals surface area contributed by atoms with E-state index in [0.29, 0.717) is 24.5 Å². The Morgan fingerprint density at radius 1 is 1.16 bits per heavy atom. The van der Waals surface area contributed by atoms with Gasteiger partial charge < -0.3 is 19.4 Å². The lowest BCUT2D eigenvalue weighted by atomic mass is 10.1. The molecule has 0 aliphatic carbocycles. The monoisotopic (exact) mass is 419 g/mol. The smallest absolute Gasteiger partial charge is 0.269 e. The predicted octanol–water partition coefficient (Wildman–Crippen LogP) is 3.57. The molecule has 1 unspecified atom stereocenters. The first-order valence-corrected chi connectivity index (χ1v) is 10.1. The number of aromatic amines is 1. The van der Waals surface area contributed by atoms with Gasteiger partial charge in [0.15, 0.2) is 0 Å². The molecular weight excluding hydrogens is 394 g/mol. The fraction of sp³-hybridized carbons (Fsp3) is 0.261. The van der Waals surface area contributed by atoms with Crippen LogP contribution >= 0.6 is 0 Å². The molecule has 2 heterocycles. The highest BCUT2D eigenvalue weighted by molar-refractivity contribution is 5.93. The van der Waals surface area contributed by atoms with Gasteiger partial charge in [-0.25, -0.2) is 4.98 Å². The lowest BCUT2D eigenvalue weighted by Crippen LogP contribution is -2.29. The number of amides is 1. The zero-order valence-corrected chi connectivity index (χ0v) is 17.8. The van der Waals surface area contributed by atoms with Gasteiger partial charge in [0.2, 0.25) is 0 Å². The molecule has 8 heteroatoms. The highest BCUT2D eigenvalue weighted by Crippen LogP contribution is 2.23. The minimum atomic E-state index is -0.301. The number of imidazole rings is 1. The molecule has 8 nitrogen and oxygen atoms in total. The van der Waals surface area contributed by atoms with Crippen molar-refractivity contribution in [2.45, 2.75) is 19.5 Å². The van der Waals surface area contributed by atoms with Crippen LogP contribution in [0, 0.1) is 0 Å². The molecule has 2 aromatic heterocycles. The normalized spacial score (nSPS) is 12.1. The van der Waals surface area contributed by atoms with Crippen LogP contribution in [0.4, 0.5) is 0 Å². The van der Waals surface area contributed by atoms with E-state index >= 15 is 0 Å². The number of nitrogens with one attached hydrogen (secondary N) is 2. The summed E-state index contributed by atoms with van der Waals surface area (Å²) in [5, 5.41) is 10.1. The van der Waals surface area contributed by atoms with Gasteiger partial charge in [-0.05, 0) is 49.4 Å². The van der Waals surface area contributed by atoms with Crippen molar-refractivity contribution in [2.75, 3.05) is 20.8 Å². The number of hydrogen-bond acceptors (Lipinski definition) is 5. The van der Waals surface area contributed by atoms with Gasteiger partial charge in [0.05, 0.1) is 36.5 Å². The fourth-order valence-corrected chi connectivity index (χ4v) is 3.53. The van der Waals surface area contributed by atoms with Crippen molar-refractivity contribution in [3.8, 4) is 17.0 Å². The van der Waals surface area contributed by atoms with Crippen molar-refractivity contribution in [3.63, 3.8) is 0 Å². The molecule has 160 valence electrons. The Bertz CT molecular complexity index is 1180. The second-order valence-electron chi connectivity index (χ2n) is 7.19. The van der Waals surface area contributed by atoms with Crippen molar-refractivity contribution < 1.29 is 14.3 Å². The summed E-state index contributed by atoms with van der Waals surface area (Å²) in [6, 6.07) is 16.9. The number of rotatable bonds is 8. The molecule has 4 aromatic rings. The van der Waals surface area contributed by atoms with Crippen molar-refractivity contribution in [3.05, 3.63) is 66.1 Å². The van der Waals surface area contributed by atoms with Gasteiger partial charge in [-0.15, -0.1) is 0 Å². The number of hydrogen-bond donors (Lipinski definition) is 2. The Morgan fingerprint density at radius 2 is 1.94 bits per heavy atom. The Morgan fingerprint density at radius 3 is 2.68 bits per heavy atom. The third-order valence-corrected chi connectivity index (χ3v) is 5.15. The number of carbonyl (C=O) groups is 1.